The molecule has 2 rings (SSSR count). The highest BCUT2D eigenvalue weighted by molar-refractivity contribution is 5.66. The van der Waals surface area contributed by atoms with Crippen LogP contribution >= 0.6 is 0 Å². The van der Waals surface area contributed by atoms with Gasteiger partial charge in [0.2, 0.25) is 0 Å². The quantitative estimate of drug-likeness (QED) is 0.774. The van der Waals surface area contributed by atoms with Gasteiger partial charge in [0.25, 0.3) is 0 Å². The first-order valence-electron chi connectivity index (χ1n) is 5.87. The number of methoxy groups -OCH3 is 1. The fraction of sp³-hybridized carbons (Fsp3) is 0.286. The molecule has 2 aromatic rings. The van der Waals surface area contributed by atoms with E-state index in [2.05, 4.69) is 17.0 Å². The van der Waals surface area contributed by atoms with Crippen molar-refractivity contribution in [2.24, 2.45) is 4.99 Å². The third kappa shape index (κ3) is 2.77. The normalized spacial score (nSPS) is 11.1. The van der Waals surface area contributed by atoms with Crippen molar-refractivity contribution in [1.29, 1.82) is 0 Å². The molecule has 1 heterocycles. The van der Waals surface area contributed by atoms with Crippen LogP contribution in [0, 0.1) is 13.8 Å². The average Bonchev–Trinajstić information content (AvgIpc) is 2.69. The van der Waals surface area contributed by atoms with Gasteiger partial charge in [0.05, 0.1) is 19.3 Å². The molecule has 4 heteroatoms. The van der Waals surface area contributed by atoms with Crippen LogP contribution in [0.4, 0.5) is 5.69 Å². The summed E-state index contributed by atoms with van der Waals surface area (Å²) in [6.45, 7) is 4.71. The predicted molar refractivity (Wildman–Crippen MR) is 72.8 cm³/mol. The molecule has 0 aliphatic heterocycles. The maximum Gasteiger partial charge on any atom is 0.144 e. The first-order valence-corrected chi connectivity index (χ1v) is 5.87. The van der Waals surface area contributed by atoms with E-state index in [4.69, 9.17) is 4.74 Å². The van der Waals surface area contributed by atoms with Gasteiger partial charge in [-0.2, -0.15) is 5.10 Å². The van der Waals surface area contributed by atoms with Gasteiger partial charge in [-0.1, -0.05) is 12.1 Å². The van der Waals surface area contributed by atoms with E-state index in [0.29, 0.717) is 6.54 Å². The molecule has 0 saturated carbocycles. The summed E-state index contributed by atoms with van der Waals surface area (Å²) in [4.78, 5) is 4.40. The summed E-state index contributed by atoms with van der Waals surface area (Å²) in [5.41, 5.74) is 3.09. The number of nitrogens with zero attached hydrogens (tertiary/aromatic N) is 3. The highest BCUT2D eigenvalue weighted by Gasteiger charge is 1.99. The highest BCUT2D eigenvalue weighted by atomic mass is 16.5. The minimum absolute atomic E-state index is 0.659. The average molecular weight is 243 g/mol. The minimum Gasteiger partial charge on any atom is -0.494 e. The largest absolute Gasteiger partial charge is 0.494 e. The Bertz CT molecular complexity index is 538. The topological polar surface area (TPSA) is 39.4 Å². The zero-order chi connectivity index (χ0) is 13.0. The first-order chi connectivity index (χ1) is 8.70. The smallest absolute Gasteiger partial charge is 0.144 e. The summed E-state index contributed by atoms with van der Waals surface area (Å²) in [6.07, 6.45) is 3.85. The maximum atomic E-state index is 5.24. The molecular formula is C14H17N3O. The summed E-state index contributed by atoms with van der Waals surface area (Å²) in [5, 5.41) is 4.38. The summed E-state index contributed by atoms with van der Waals surface area (Å²) in [7, 11) is 1.65. The van der Waals surface area contributed by atoms with Gasteiger partial charge in [0.1, 0.15) is 11.4 Å². The maximum absolute atomic E-state index is 5.24. The standard InChI is InChI=1S/C14H17N3O/c1-11-10-17(16-12(11)2)9-8-15-13-6-4-5-7-14(13)18-3/h4-8,10H,9H2,1-3H3. The summed E-state index contributed by atoms with van der Waals surface area (Å²) in [6, 6.07) is 7.69. The van der Waals surface area contributed by atoms with Crippen LogP contribution in [0.15, 0.2) is 35.5 Å². The third-order valence-corrected chi connectivity index (χ3v) is 2.78. The molecule has 0 N–H and O–H groups in total. The lowest BCUT2D eigenvalue weighted by Gasteiger charge is -2.02. The highest BCUT2D eigenvalue weighted by Crippen LogP contribution is 2.25. The van der Waals surface area contributed by atoms with E-state index < -0.39 is 0 Å². The zero-order valence-electron chi connectivity index (χ0n) is 10.9. The molecule has 0 aliphatic carbocycles. The Hall–Kier alpha value is -2.10. The van der Waals surface area contributed by atoms with Gasteiger partial charge in [-0.25, -0.2) is 0 Å². The van der Waals surface area contributed by atoms with Crippen molar-refractivity contribution in [2.75, 3.05) is 7.11 Å². The Morgan fingerprint density at radius 3 is 2.78 bits per heavy atom. The van der Waals surface area contributed by atoms with Crippen LogP contribution in [0.5, 0.6) is 5.75 Å². The number of hydrogen-bond donors (Lipinski definition) is 0. The van der Waals surface area contributed by atoms with Crippen molar-refractivity contribution in [3.05, 3.63) is 41.7 Å². The van der Waals surface area contributed by atoms with Crippen LogP contribution in [0.3, 0.4) is 0 Å². The molecule has 0 amide bonds. The number of rotatable bonds is 4. The van der Waals surface area contributed by atoms with Crippen molar-refractivity contribution < 1.29 is 4.74 Å². The summed E-state index contributed by atoms with van der Waals surface area (Å²) in [5.74, 6) is 0.779. The Labute approximate surface area is 107 Å². The van der Waals surface area contributed by atoms with E-state index in [1.54, 1.807) is 7.11 Å². The van der Waals surface area contributed by atoms with Crippen LogP contribution in [0.25, 0.3) is 0 Å². The SMILES string of the molecule is COc1ccccc1N=CCn1cc(C)c(C)n1. The van der Waals surface area contributed by atoms with Crippen molar-refractivity contribution in [3.63, 3.8) is 0 Å². The van der Waals surface area contributed by atoms with Crippen LogP contribution < -0.4 is 4.74 Å². The second-order valence-electron chi connectivity index (χ2n) is 4.10. The molecule has 18 heavy (non-hydrogen) atoms. The van der Waals surface area contributed by atoms with E-state index in [9.17, 15) is 0 Å². The fourth-order valence-corrected chi connectivity index (χ4v) is 1.67. The third-order valence-electron chi connectivity index (χ3n) is 2.78. The van der Waals surface area contributed by atoms with Crippen molar-refractivity contribution in [2.45, 2.75) is 20.4 Å². The van der Waals surface area contributed by atoms with E-state index in [1.807, 2.05) is 48.3 Å². The van der Waals surface area contributed by atoms with Gasteiger partial charge in [0.15, 0.2) is 0 Å². The molecular weight excluding hydrogens is 226 g/mol. The van der Waals surface area contributed by atoms with Gasteiger partial charge in [0, 0.05) is 12.4 Å². The lowest BCUT2D eigenvalue weighted by atomic mass is 10.3. The number of benzene rings is 1. The van der Waals surface area contributed by atoms with Crippen molar-refractivity contribution in [1.82, 2.24) is 9.78 Å². The molecule has 0 atom stereocenters. The minimum atomic E-state index is 0.659. The zero-order valence-corrected chi connectivity index (χ0v) is 10.9. The van der Waals surface area contributed by atoms with Gasteiger partial charge in [-0.05, 0) is 31.5 Å². The second-order valence-corrected chi connectivity index (χ2v) is 4.10. The monoisotopic (exact) mass is 243 g/mol. The predicted octanol–water partition coefficient (Wildman–Crippen LogP) is 2.91. The molecule has 0 aliphatic rings. The summed E-state index contributed by atoms with van der Waals surface area (Å²) >= 11 is 0. The van der Waals surface area contributed by atoms with Crippen LogP contribution in [0.1, 0.15) is 11.3 Å². The van der Waals surface area contributed by atoms with E-state index >= 15 is 0 Å². The number of para-hydroxylation sites is 2. The fourth-order valence-electron chi connectivity index (χ4n) is 1.67. The van der Waals surface area contributed by atoms with Gasteiger partial charge in [-0.3, -0.25) is 9.67 Å². The van der Waals surface area contributed by atoms with Crippen LogP contribution in [-0.2, 0) is 6.54 Å². The first kappa shape index (κ1) is 12.4. The molecule has 0 bridgehead atoms. The van der Waals surface area contributed by atoms with Gasteiger partial charge >= 0.3 is 0 Å². The Morgan fingerprint density at radius 2 is 2.11 bits per heavy atom. The lowest BCUT2D eigenvalue weighted by molar-refractivity contribution is 0.416. The van der Waals surface area contributed by atoms with Crippen molar-refractivity contribution in [3.8, 4) is 5.75 Å². The Balaban J connectivity index is 2.07. The molecule has 94 valence electrons. The van der Waals surface area contributed by atoms with Gasteiger partial charge < -0.3 is 4.74 Å². The number of ether oxygens (including phenoxy) is 1. The number of aromatic nitrogens is 2. The molecule has 0 fully saturated rings. The molecule has 0 saturated heterocycles. The Morgan fingerprint density at radius 1 is 1.33 bits per heavy atom. The number of aliphatic imine (C=N–C) groups is 1. The van der Waals surface area contributed by atoms with Crippen molar-refractivity contribution >= 4 is 11.9 Å². The van der Waals surface area contributed by atoms with Crippen LogP contribution in [0.2, 0.25) is 0 Å². The van der Waals surface area contributed by atoms with E-state index in [-0.39, 0.29) is 0 Å². The van der Waals surface area contributed by atoms with E-state index in [1.165, 1.54) is 5.56 Å². The van der Waals surface area contributed by atoms with E-state index in [0.717, 1.165) is 17.1 Å². The molecule has 0 radical (unpaired) electrons. The summed E-state index contributed by atoms with van der Waals surface area (Å²) < 4.78 is 7.11. The molecule has 0 spiro atoms. The number of hydrogen-bond acceptors (Lipinski definition) is 3. The molecule has 1 aromatic heterocycles. The molecule has 4 nitrogen and oxygen atoms in total. The molecule has 0 unspecified atom stereocenters. The van der Waals surface area contributed by atoms with Crippen LogP contribution in [-0.4, -0.2) is 23.1 Å². The number of aryl methyl sites for hydroxylation is 2. The lowest BCUT2D eigenvalue weighted by Crippen LogP contribution is -1.99. The second kappa shape index (κ2) is 5.49. The molecule has 1 aromatic carbocycles. The van der Waals surface area contributed by atoms with Gasteiger partial charge in [-0.15, -0.1) is 0 Å². The Kier molecular flexibility index (Phi) is 3.77.